The van der Waals surface area contributed by atoms with E-state index in [-0.39, 0.29) is 17.5 Å². The quantitative estimate of drug-likeness (QED) is 0.740. The molecule has 3 atom stereocenters. The number of hydrogen-bond donors (Lipinski definition) is 3. The highest BCUT2D eigenvalue weighted by atomic mass is 16.3. The number of likely N-dealkylation sites (tertiary alicyclic amines) is 1. The van der Waals surface area contributed by atoms with Gasteiger partial charge in [0, 0.05) is 24.2 Å². The van der Waals surface area contributed by atoms with Crippen LogP contribution in [0, 0.1) is 5.92 Å². The molecule has 4 nitrogen and oxygen atoms in total. The Morgan fingerprint density at radius 3 is 2.80 bits per heavy atom. The van der Waals surface area contributed by atoms with E-state index in [2.05, 4.69) is 18.7 Å². The Morgan fingerprint density at radius 2 is 2.15 bits per heavy atom. The van der Waals surface area contributed by atoms with Gasteiger partial charge in [0.25, 0.3) is 0 Å². The lowest BCUT2D eigenvalue weighted by atomic mass is 9.87. The molecule has 1 heterocycles. The molecule has 1 aromatic carbocycles. The molecule has 0 aromatic heterocycles. The normalized spacial score (nSPS) is 25.6. The number of nitrogens with zero attached hydrogens (tertiary/aromatic N) is 1. The van der Waals surface area contributed by atoms with Gasteiger partial charge in [0.1, 0.15) is 11.5 Å². The maximum Gasteiger partial charge on any atom is 0.120 e. The summed E-state index contributed by atoms with van der Waals surface area (Å²) in [5.41, 5.74) is 6.72. The summed E-state index contributed by atoms with van der Waals surface area (Å²) in [6.45, 7) is 5.94. The largest absolute Gasteiger partial charge is 0.508 e. The van der Waals surface area contributed by atoms with Gasteiger partial charge < -0.3 is 15.9 Å². The van der Waals surface area contributed by atoms with E-state index in [9.17, 15) is 10.2 Å². The fraction of sp³-hybridized carbons (Fsp3) is 0.625. The van der Waals surface area contributed by atoms with Crippen molar-refractivity contribution in [2.75, 3.05) is 13.1 Å². The number of nitrogens with two attached hydrogens (primary N) is 1. The third-order valence-corrected chi connectivity index (χ3v) is 4.68. The van der Waals surface area contributed by atoms with Crippen LogP contribution in [-0.2, 0) is 0 Å². The molecule has 112 valence electrons. The lowest BCUT2D eigenvalue weighted by Crippen LogP contribution is -2.47. The number of phenolic OH excluding ortho intramolecular Hbond substituents is 2. The maximum atomic E-state index is 10.0. The average molecular weight is 278 g/mol. The minimum absolute atomic E-state index is 0.0634. The van der Waals surface area contributed by atoms with Crippen LogP contribution in [0.4, 0.5) is 0 Å². The summed E-state index contributed by atoms with van der Waals surface area (Å²) in [6.07, 6.45) is 3.50. The van der Waals surface area contributed by atoms with Gasteiger partial charge in [-0.15, -0.1) is 0 Å². The summed E-state index contributed by atoms with van der Waals surface area (Å²) in [5.74, 6) is 1.19. The van der Waals surface area contributed by atoms with Crippen molar-refractivity contribution in [3.63, 3.8) is 0 Å². The van der Waals surface area contributed by atoms with Crippen LogP contribution in [0.15, 0.2) is 18.2 Å². The van der Waals surface area contributed by atoms with Crippen LogP contribution in [0.1, 0.15) is 44.7 Å². The standard InChI is InChI=1S/C16H26N2O2/c1-3-12-6-7-18(13(8-12)10-17)11(2)15-9-14(19)4-5-16(15)20/h4-5,9,11-13,19-20H,3,6-8,10,17H2,1-2H3. The maximum absolute atomic E-state index is 10.0. The van der Waals surface area contributed by atoms with E-state index in [1.54, 1.807) is 12.1 Å². The lowest BCUT2D eigenvalue weighted by Gasteiger charge is -2.42. The van der Waals surface area contributed by atoms with Crippen molar-refractivity contribution < 1.29 is 10.2 Å². The van der Waals surface area contributed by atoms with Crippen LogP contribution in [0.5, 0.6) is 11.5 Å². The van der Waals surface area contributed by atoms with Crippen molar-refractivity contribution in [1.29, 1.82) is 0 Å². The molecule has 2 rings (SSSR count). The van der Waals surface area contributed by atoms with Gasteiger partial charge in [0.15, 0.2) is 0 Å². The predicted octanol–water partition coefficient (Wildman–Crippen LogP) is 2.61. The molecule has 0 bridgehead atoms. The Labute approximate surface area is 121 Å². The summed E-state index contributed by atoms with van der Waals surface area (Å²) >= 11 is 0. The molecule has 1 aromatic rings. The first kappa shape index (κ1) is 15.1. The number of phenols is 2. The molecule has 0 amide bonds. The molecule has 3 unspecified atom stereocenters. The third kappa shape index (κ3) is 3.07. The zero-order chi connectivity index (χ0) is 14.7. The van der Waals surface area contributed by atoms with E-state index < -0.39 is 0 Å². The first-order valence-electron chi connectivity index (χ1n) is 7.54. The molecule has 0 saturated carbocycles. The van der Waals surface area contributed by atoms with Crippen molar-refractivity contribution in [3.8, 4) is 11.5 Å². The number of hydrogen-bond acceptors (Lipinski definition) is 4. The van der Waals surface area contributed by atoms with Crippen molar-refractivity contribution in [1.82, 2.24) is 4.90 Å². The van der Waals surface area contributed by atoms with E-state index in [1.807, 2.05) is 0 Å². The summed E-state index contributed by atoms with van der Waals surface area (Å²) in [4.78, 5) is 2.36. The van der Waals surface area contributed by atoms with Crippen LogP contribution >= 0.6 is 0 Å². The molecule has 1 saturated heterocycles. The van der Waals surface area contributed by atoms with Gasteiger partial charge in [0.2, 0.25) is 0 Å². The van der Waals surface area contributed by atoms with Crippen molar-refractivity contribution in [2.24, 2.45) is 11.7 Å². The number of benzene rings is 1. The highest BCUT2D eigenvalue weighted by Crippen LogP contribution is 2.36. The highest BCUT2D eigenvalue weighted by molar-refractivity contribution is 5.40. The van der Waals surface area contributed by atoms with Gasteiger partial charge in [-0.2, -0.15) is 0 Å². The van der Waals surface area contributed by atoms with Crippen LogP contribution < -0.4 is 5.73 Å². The summed E-state index contributed by atoms with van der Waals surface area (Å²) in [5, 5.41) is 19.7. The number of aromatic hydroxyl groups is 2. The van der Waals surface area contributed by atoms with E-state index in [1.165, 1.54) is 18.9 Å². The average Bonchev–Trinajstić information content (AvgIpc) is 2.48. The molecule has 4 N–H and O–H groups in total. The molecular weight excluding hydrogens is 252 g/mol. The minimum atomic E-state index is 0.0634. The number of rotatable bonds is 4. The van der Waals surface area contributed by atoms with Gasteiger partial charge in [-0.25, -0.2) is 0 Å². The number of piperidine rings is 1. The third-order valence-electron chi connectivity index (χ3n) is 4.68. The lowest BCUT2D eigenvalue weighted by molar-refractivity contribution is 0.0761. The fourth-order valence-corrected chi connectivity index (χ4v) is 3.32. The summed E-state index contributed by atoms with van der Waals surface area (Å²) in [6, 6.07) is 5.13. The second-order valence-corrected chi connectivity index (χ2v) is 5.85. The molecule has 0 aliphatic carbocycles. The molecule has 1 aliphatic heterocycles. The second kappa shape index (κ2) is 6.46. The smallest absolute Gasteiger partial charge is 0.120 e. The van der Waals surface area contributed by atoms with Gasteiger partial charge in [-0.05, 0) is 50.4 Å². The van der Waals surface area contributed by atoms with Gasteiger partial charge in [0.05, 0.1) is 0 Å². The van der Waals surface area contributed by atoms with E-state index in [4.69, 9.17) is 5.73 Å². The SMILES string of the molecule is CCC1CCN(C(C)c2cc(O)ccc2O)C(CN)C1. The molecule has 4 heteroatoms. The molecular formula is C16H26N2O2. The first-order chi connectivity index (χ1) is 9.56. The zero-order valence-electron chi connectivity index (χ0n) is 12.4. The minimum Gasteiger partial charge on any atom is -0.508 e. The molecule has 1 fully saturated rings. The van der Waals surface area contributed by atoms with E-state index >= 15 is 0 Å². The predicted molar refractivity (Wildman–Crippen MR) is 80.8 cm³/mol. The monoisotopic (exact) mass is 278 g/mol. The van der Waals surface area contributed by atoms with Crippen LogP contribution in [0.25, 0.3) is 0 Å². The Balaban J connectivity index is 2.19. The summed E-state index contributed by atoms with van der Waals surface area (Å²) in [7, 11) is 0. The first-order valence-corrected chi connectivity index (χ1v) is 7.54. The van der Waals surface area contributed by atoms with Crippen molar-refractivity contribution >= 4 is 0 Å². The molecule has 20 heavy (non-hydrogen) atoms. The van der Waals surface area contributed by atoms with Gasteiger partial charge in [-0.3, -0.25) is 4.90 Å². The van der Waals surface area contributed by atoms with Gasteiger partial charge in [-0.1, -0.05) is 13.3 Å². The summed E-state index contributed by atoms with van der Waals surface area (Å²) < 4.78 is 0. The Bertz CT molecular complexity index is 450. The fourth-order valence-electron chi connectivity index (χ4n) is 3.32. The highest BCUT2D eigenvalue weighted by Gasteiger charge is 2.31. The Kier molecular flexibility index (Phi) is 4.89. The van der Waals surface area contributed by atoms with Crippen molar-refractivity contribution in [3.05, 3.63) is 23.8 Å². The molecule has 0 spiro atoms. The zero-order valence-corrected chi connectivity index (χ0v) is 12.4. The topological polar surface area (TPSA) is 69.7 Å². The Morgan fingerprint density at radius 1 is 1.40 bits per heavy atom. The Hall–Kier alpha value is -1.26. The van der Waals surface area contributed by atoms with Crippen LogP contribution in [0.2, 0.25) is 0 Å². The second-order valence-electron chi connectivity index (χ2n) is 5.85. The van der Waals surface area contributed by atoms with Crippen molar-refractivity contribution in [2.45, 2.75) is 45.2 Å². The van der Waals surface area contributed by atoms with Crippen LogP contribution in [0.3, 0.4) is 0 Å². The van der Waals surface area contributed by atoms with Crippen LogP contribution in [-0.4, -0.2) is 34.2 Å². The van der Waals surface area contributed by atoms with E-state index in [0.29, 0.717) is 12.6 Å². The van der Waals surface area contributed by atoms with E-state index in [0.717, 1.165) is 24.4 Å². The van der Waals surface area contributed by atoms with Gasteiger partial charge >= 0.3 is 0 Å². The molecule has 0 radical (unpaired) electrons. The molecule has 1 aliphatic rings.